The molecule has 3 saturated carbocycles. The van der Waals surface area contributed by atoms with Gasteiger partial charge >= 0.3 is 5.97 Å². The van der Waals surface area contributed by atoms with Gasteiger partial charge in [-0.1, -0.05) is 37.1 Å². The molecule has 0 radical (unpaired) electrons. The molecule has 21 atom stereocenters. The summed E-state index contributed by atoms with van der Waals surface area (Å²) in [7, 11) is 0. The van der Waals surface area contributed by atoms with Crippen LogP contribution in [0.1, 0.15) is 89.9 Å². The van der Waals surface area contributed by atoms with Crippen molar-refractivity contribution in [3.8, 4) is 5.75 Å². The van der Waals surface area contributed by atoms with Crippen LogP contribution in [0.4, 0.5) is 0 Å². The number of carbonyl (C=O) groups is 2. The first-order valence-corrected chi connectivity index (χ1v) is 22.1. The topological polar surface area (TPSA) is 231 Å². The van der Waals surface area contributed by atoms with E-state index in [-0.39, 0.29) is 52.4 Å². The van der Waals surface area contributed by atoms with Crippen LogP contribution in [0.3, 0.4) is 0 Å². The Morgan fingerprint density at radius 1 is 0.885 bits per heavy atom. The lowest BCUT2D eigenvalue weighted by Crippen LogP contribution is -2.64. The van der Waals surface area contributed by atoms with E-state index in [1.54, 1.807) is 0 Å². The van der Waals surface area contributed by atoms with Crippen molar-refractivity contribution in [3.63, 3.8) is 0 Å². The van der Waals surface area contributed by atoms with Crippen molar-refractivity contribution < 1.29 is 73.8 Å². The number of hydrogen-bond donors (Lipinski definition) is 7. The number of benzene rings is 1. The average Bonchev–Trinajstić information content (AvgIpc) is 3.57. The summed E-state index contributed by atoms with van der Waals surface area (Å²) in [5.41, 5.74) is 1.82. The number of aldehydes is 1. The van der Waals surface area contributed by atoms with Gasteiger partial charge in [-0.2, -0.15) is 0 Å². The number of allylic oxidation sites excluding steroid dienone is 2. The van der Waals surface area contributed by atoms with Crippen LogP contribution in [-0.2, 0) is 33.2 Å². The second kappa shape index (κ2) is 17.3. The van der Waals surface area contributed by atoms with E-state index in [9.17, 15) is 45.3 Å². The minimum Gasteiger partial charge on any atom is -0.508 e. The Morgan fingerprint density at radius 2 is 1.61 bits per heavy atom. The summed E-state index contributed by atoms with van der Waals surface area (Å²) < 4.78 is 36.4. The highest BCUT2D eigenvalue weighted by molar-refractivity contribution is 5.89. The molecule has 3 heterocycles. The third-order valence-electron chi connectivity index (χ3n) is 15.9. The third kappa shape index (κ3) is 7.83. The van der Waals surface area contributed by atoms with Gasteiger partial charge in [0.15, 0.2) is 25.0 Å². The summed E-state index contributed by atoms with van der Waals surface area (Å²) >= 11 is 0. The molecule has 7 aliphatic rings. The lowest BCUT2D eigenvalue weighted by atomic mass is 9.46. The molecule has 4 aliphatic carbocycles. The summed E-state index contributed by atoms with van der Waals surface area (Å²) in [6.45, 7) is 9.45. The van der Waals surface area contributed by atoms with Crippen LogP contribution in [0.25, 0.3) is 0 Å². The summed E-state index contributed by atoms with van der Waals surface area (Å²) in [5.74, 6) is -0.149. The zero-order chi connectivity index (χ0) is 43.7. The van der Waals surface area contributed by atoms with Gasteiger partial charge in [-0.05, 0) is 119 Å². The van der Waals surface area contributed by atoms with Crippen molar-refractivity contribution in [1.82, 2.24) is 0 Å². The maximum absolute atomic E-state index is 13.3. The number of carbonyl (C=O) groups excluding carboxylic acids is 2. The van der Waals surface area contributed by atoms with E-state index in [4.69, 9.17) is 28.4 Å². The molecule has 0 amide bonds. The first-order valence-electron chi connectivity index (χ1n) is 22.1. The van der Waals surface area contributed by atoms with E-state index in [1.165, 1.54) is 43.0 Å². The van der Waals surface area contributed by atoms with Crippen LogP contribution < -0.4 is 0 Å². The van der Waals surface area contributed by atoms with Crippen molar-refractivity contribution in [2.75, 3.05) is 6.61 Å². The van der Waals surface area contributed by atoms with E-state index < -0.39 is 91.8 Å². The van der Waals surface area contributed by atoms with Crippen LogP contribution in [0.15, 0.2) is 47.6 Å². The number of aliphatic hydroxyl groups excluding tert-OH is 6. The van der Waals surface area contributed by atoms with Gasteiger partial charge in [0, 0.05) is 17.3 Å². The molecule has 1 aromatic rings. The van der Waals surface area contributed by atoms with E-state index in [2.05, 4.69) is 26.0 Å². The smallest absolute Gasteiger partial charge is 0.338 e. The average molecular weight is 857 g/mol. The third-order valence-corrected chi connectivity index (χ3v) is 15.9. The summed E-state index contributed by atoms with van der Waals surface area (Å²) in [6.07, 6.45) is -5.06. The monoisotopic (exact) mass is 856 g/mol. The maximum atomic E-state index is 13.3. The van der Waals surface area contributed by atoms with Crippen LogP contribution in [0.2, 0.25) is 0 Å². The van der Waals surface area contributed by atoms with Crippen molar-refractivity contribution in [2.24, 2.45) is 46.3 Å². The minimum atomic E-state index is -1.76. The van der Waals surface area contributed by atoms with Gasteiger partial charge in [0.05, 0.1) is 30.5 Å². The van der Waals surface area contributed by atoms with E-state index in [1.807, 2.05) is 13.8 Å². The molecule has 0 bridgehead atoms. The van der Waals surface area contributed by atoms with Gasteiger partial charge in [-0.25, -0.2) is 4.79 Å². The molecule has 6 fully saturated rings. The summed E-state index contributed by atoms with van der Waals surface area (Å²) in [5, 5.41) is 75.2. The Hall–Kier alpha value is -2.80. The molecule has 15 nitrogen and oxygen atoms in total. The molecule has 0 aromatic heterocycles. The quantitative estimate of drug-likeness (QED) is 0.108. The number of fused-ring (bicyclic) bond motifs is 7. The summed E-state index contributed by atoms with van der Waals surface area (Å²) in [6, 6.07) is 5.33. The Bertz CT molecular complexity index is 1820. The summed E-state index contributed by atoms with van der Waals surface area (Å²) in [4.78, 5) is 26.2. The number of aliphatic hydroxyl groups is 6. The zero-order valence-corrected chi connectivity index (χ0v) is 35.6. The molecule has 338 valence electrons. The van der Waals surface area contributed by atoms with Crippen molar-refractivity contribution in [3.05, 3.63) is 53.1 Å². The van der Waals surface area contributed by atoms with Crippen molar-refractivity contribution in [2.45, 2.75) is 159 Å². The highest BCUT2D eigenvalue weighted by atomic mass is 16.8. The molecular weight excluding hydrogens is 792 g/mol. The zero-order valence-electron chi connectivity index (χ0n) is 35.6. The number of aromatic hydroxyl groups is 1. The second-order valence-electron chi connectivity index (χ2n) is 19.5. The Balaban J connectivity index is 0.957. The predicted octanol–water partition coefficient (Wildman–Crippen LogP) is 2.90. The fourth-order valence-electron chi connectivity index (χ4n) is 12.8. The van der Waals surface area contributed by atoms with Crippen molar-refractivity contribution in [1.29, 1.82) is 0 Å². The minimum absolute atomic E-state index is 0.0340. The van der Waals surface area contributed by atoms with Gasteiger partial charge < -0.3 is 69.0 Å². The number of ether oxygens (including phenoxy) is 6. The van der Waals surface area contributed by atoms with E-state index in [0.29, 0.717) is 18.8 Å². The Labute approximate surface area is 356 Å². The van der Waals surface area contributed by atoms with Gasteiger partial charge in [-0.15, -0.1) is 0 Å². The Kier molecular flexibility index (Phi) is 12.7. The molecule has 8 rings (SSSR count). The highest BCUT2D eigenvalue weighted by Crippen LogP contribution is 2.68. The highest BCUT2D eigenvalue weighted by Gasteiger charge is 2.66. The molecule has 3 aliphatic heterocycles. The molecule has 61 heavy (non-hydrogen) atoms. The van der Waals surface area contributed by atoms with Crippen molar-refractivity contribution >= 4 is 12.3 Å². The van der Waals surface area contributed by atoms with E-state index in [0.717, 1.165) is 37.7 Å². The van der Waals surface area contributed by atoms with Crippen LogP contribution in [0.5, 0.6) is 5.75 Å². The molecular formula is C46H64O15. The lowest BCUT2D eigenvalue weighted by molar-refractivity contribution is -0.369. The first kappa shape index (κ1) is 44.8. The Morgan fingerprint density at radius 3 is 2.30 bits per heavy atom. The van der Waals surface area contributed by atoms with Crippen LogP contribution in [0, 0.1) is 46.3 Å². The number of rotatable bonds is 9. The SMILES string of the molecule is CC(C)=C[C@@H]1C(C)C2C(CC3C4CC=C5C[C@@H](OC6O[C@H](CO)[C@@H](O)[C@H](O)[C@H]6O[C@@H]6O[C@@H](C)[C@H](OC(=O)c7ccc(O)cc7)[C@@H](O)[C@H]6O)CC[C@]5(C)C4CC[C@@]32C=O)O[C@H]1O. The predicted molar refractivity (Wildman–Crippen MR) is 215 cm³/mol. The van der Waals surface area contributed by atoms with Crippen LogP contribution >= 0.6 is 0 Å². The first-order chi connectivity index (χ1) is 29.0. The fraction of sp³-hybridized carbons (Fsp3) is 0.739. The molecule has 3 saturated heterocycles. The number of phenolic OH excluding ortho intramolecular Hbond substituents is 1. The second-order valence-corrected chi connectivity index (χ2v) is 19.5. The maximum Gasteiger partial charge on any atom is 0.338 e. The van der Waals surface area contributed by atoms with Gasteiger partial charge in [0.1, 0.15) is 48.7 Å². The van der Waals surface area contributed by atoms with Gasteiger partial charge in [0.25, 0.3) is 0 Å². The van der Waals surface area contributed by atoms with Gasteiger partial charge in [-0.3, -0.25) is 0 Å². The molecule has 15 heteroatoms. The fourth-order valence-corrected chi connectivity index (χ4v) is 12.8. The molecule has 7 unspecified atom stereocenters. The molecule has 7 N–H and O–H groups in total. The largest absolute Gasteiger partial charge is 0.508 e. The normalized spacial score (nSPS) is 48.0. The number of phenols is 1. The molecule has 1 aromatic carbocycles. The number of esters is 1. The van der Waals surface area contributed by atoms with Crippen LogP contribution in [-0.4, -0.2) is 135 Å². The van der Waals surface area contributed by atoms with E-state index >= 15 is 0 Å². The standard InChI is InChI=1S/C46H64O15/c1-21(2)16-29-22(3)34-32(58-42(29)55)18-31-28-11-8-25-17-27(12-14-45(25,5)30(28)13-15-46(31,34)20-48)57-44-40(36(51)35(50)33(19-47)59-44)61-43-38(53)37(52)39(23(4)56-43)60-41(54)24-6-9-26(49)10-7-24/h6-10,16,20,22-23,27-40,42-44,47,49-53,55H,11-15,17-19H2,1-5H3/t22?,23-,27-,28?,29+,30?,31?,32?,33+,34?,35+,36-,37-,38+,39-,40+,42+,43-,44?,45-,46+/m0/s1. The molecule has 0 spiro atoms. The lowest BCUT2D eigenvalue weighted by Gasteiger charge is -2.58. The number of hydrogen-bond acceptors (Lipinski definition) is 15. The van der Waals surface area contributed by atoms with Gasteiger partial charge in [0.2, 0.25) is 0 Å².